The van der Waals surface area contributed by atoms with E-state index in [2.05, 4.69) is 60.8 Å². The number of unbranched alkanes of at least 4 members (excludes halogenated alkanes) is 2. The first-order valence-corrected chi connectivity index (χ1v) is 15.0. The van der Waals surface area contributed by atoms with Gasteiger partial charge in [0.2, 0.25) is 0 Å². The van der Waals surface area contributed by atoms with Gasteiger partial charge in [-0.1, -0.05) is 87.9 Å². The number of phenols is 1. The van der Waals surface area contributed by atoms with E-state index < -0.39 is 10.7 Å². The van der Waals surface area contributed by atoms with Crippen molar-refractivity contribution in [2.75, 3.05) is 18.9 Å². The Kier molecular flexibility index (Phi) is 18.6. The summed E-state index contributed by atoms with van der Waals surface area (Å²) < 4.78 is 4.96. The van der Waals surface area contributed by atoms with Gasteiger partial charge in [0.15, 0.2) is 0 Å². The Labute approximate surface area is 234 Å². The summed E-state index contributed by atoms with van der Waals surface area (Å²) in [5.74, 6) is 0.196. The van der Waals surface area contributed by atoms with Crippen LogP contribution in [0.25, 0.3) is 0 Å². The molecule has 5 nitrogen and oxygen atoms in total. The third-order valence-electron chi connectivity index (χ3n) is 6.12. The number of hydrogen-bond acceptors (Lipinski definition) is 5. The zero-order chi connectivity index (χ0) is 27.9. The van der Waals surface area contributed by atoms with Gasteiger partial charge in [0.25, 0.3) is 5.91 Å². The highest BCUT2D eigenvalue weighted by Crippen LogP contribution is 2.34. The lowest BCUT2D eigenvalue weighted by molar-refractivity contribution is -0.146. The Morgan fingerprint density at radius 1 is 0.895 bits per heavy atom. The Morgan fingerprint density at radius 2 is 1.47 bits per heavy atom. The van der Waals surface area contributed by atoms with Crippen LogP contribution < -0.4 is 5.32 Å². The Hall–Kier alpha value is -2.73. The van der Waals surface area contributed by atoms with E-state index in [0.29, 0.717) is 12.8 Å². The third-order valence-corrected chi connectivity index (χ3v) is 7.91. The van der Waals surface area contributed by atoms with Crippen LogP contribution in [0, 0.1) is 0 Å². The number of thioether (sulfide) groups is 1. The summed E-state index contributed by atoms with van der Waals surface area (Å²) in [5.41, 5.74) is 0.203. The number of hydrogen-bond donors (Lipinski definition) is 2. The fourth-order valence-electron chi connectivity index (χ4n) is 3.69. The highest BCUT2D eigenvalue weighted by Gasteiger charge is 2.36. The Bertz CT molecular complexity index is 916. The van der Waals surface area contributed by atoms with Gasteiger partial charge in [0.05, 0.1) is 12.1 Å². The van der Waals surface area contributed by atoms with Gasteiger partial charge in [-0.05, 0) is 69.3 Å². The summed E-state index contributed by atoms with van der Waals surface area (Å²) in [4.78, 5) is 25.0. The van der Waals surface area contributed by atoms with E-state index >= 15 is 0 Å². The molecule has 0 aliphatic heterocycles. The molecule has 0 bridgehead atoms. The lowest BCUT2D eigenvalue weighted by atomic mass is 10.0. The first-order valence-electron chi connectivity index (χ1n) is 14.0. The van der Waals surface area contributed by atoms with E-state index in [1.54, 1.807) is 30.0 Å². The normalized spacial score (nSPS) is 12.3. The van der Waals surface area contributed by atoms with E-state index in [1.165, 1.54) is 12.5 Å². The van der Waals surface area contributed by atoms with E-state index in [4.69, 9.17) is 4.74 Å². The van der Waals surface area contributed by atoms with Crippen molar-refractivity contribution in [3.05, 3.63) is 78.4 Å². The van der Waals surface area contributed by atoms with Gasteiger partial charge in [0, 0.05) is 0 Å². The zero-order valence-electron chi connectivity index (χ0n) is 23.5. The maximum absolute atomic E-state index is 12.9. The van der Waals surface area contributed by atoms with Gasteiger partial charge < -0.3 is 15.2 Å². The molecule has 0 aromatic heterocycles. The van der Waals surface area contributed by atoms with Crippen molar-refractivity contribution in [3.63, 3.8) is 0 Å². The molecule has 38 heavy (non-hydrogen) atoms. The highest BCUT2D eigenvalue weighted by atomic mass is 32.2. The summed E-state index contributed by atoms with van der Waals surface area (Å²) in [5, 5.41) is 12.5. The smallest absolute Gasteiger partial charge is 0.322 e. The van der Waals surface area contributed by atoms with E-state index in [9.17, 15) is 14.7 Å². The second-order valence-corrected chi connectivity index (χ2v) is 10.5. The van der Waals surface area contributed by atoms with Crippen LogP contribution in [0.3, 0.4) is 0 Å². The highest BCUT2D eigenvalue weighted by molar-refractivity contribution is 8.01. The van der Waals surface area contributed by atoms with Crippen molar-refractivity contribution in [1.82, 2.24) is 5.32 Å². The molecule has 0 unspecified atom stereocenters. The summed E-state index contributed by atoms with van der Waals surface area (Å²) >= 11 is 1.67. The summed E-state index contributed by atoms with van der Waals surface area (Å²) in [6, 6.07) is 6.35. The minimum atomic E-state index is -0.562. The van der Waals surface area contributed by atoms with Gasteiger partial charge >= 0.3 is 5.97 Å². The number of allylic oxidation sites excluding steroid dienone is 8. The van der Waals surface area contributed by atoms with E-state index in [0.717, 1.165) is 44.3 Å². The number of nitrogens with one attached hydrogen (secondary N) is 1. The lowest BCUT2D eigenvalue weighted by Crippen LogP contribution is -2.38. The first kappa shape index (κ1) is 33.3. The van der Waals surface area contributed by atoms with Crippen LogP contribution in [0.5, 0.6) is 5.75 Å². The van der Waals surface area contributed by atoms with Crippen LogP contribution in [-0.2, 0) is 9.53 Å². The van der Waals surface area contributed by atoms with Crippen LogP contribution in [0.1, 0.15) is 88.9 Å². The summed E-state index contributed by atoms with van der Waals surface area (Å²) in [6.07, 6.45) is 26.4. The van der Waals surface area contributed by atoms with Gasteiger partial charge in [0.1, 0.15) is 17.1 Å². The molecular weight excluding hydrogens is 494 g/mol. The molecule has 0 spiro atoms. The second-order valence-electron chi connectivity index (χ2n) is 8.98. The molecule has 0 aliphatic rings. The number of para-hydroxylation sites is 1. The minimum Gasteiger partial charge on any atom is -0.507 e. The fraction of sp³-hybridized carbons (Fsp3) is 0.500. The fourth-order valence-corrected chi connectivity index (χ4v) is 4.97. The molecule has 0 aliphatic carbocycles. The maximum Gasteiger partial charge on any atom is 0.322 e. The molecule has 1 aromatic rings. The maximum atomic E-state index is 12.9. The van der Waals surface area contributed by atoms with Crippen molar-refractivity contribution in [2.45, 2.75) is 83.3 Å². The van der Waals surface area contributed by atoms with E-state index in [1.807, 2.05) is 13.8 Å². The van der Waals surface area contributed by atoms with Crippen molar-refractivity contribution in [2.24, 2.45) is 0 Å². The molecule has 6 heteroatoms. The SMILES string of the molecule is CCC/C=C\C/C=C\C/C=C\C/C=C\CCCSC(CC)(CC)C(=O)OCCNC(=O)c1ccccc1O. The molecule has 0 heterocycles. The van der Waals surface area contributed by atoms with E-state index in [-0.39, 0.29) is 30.4 Å². The average Bonchev–Trinajstić information content (AvgIpc) is 2.93. The third kappa shape index (κ3) is 13.7. The van der Waals surface area contributed by atoms with Gasteiger partial charge in [-0.3, -0.25) is 9.59 Å². The summed E-state index contributed by atoms with van der Waals surface area (Å²) in [7, 11) is 0. The molecule has 2 N–H and O–H groups in total. The van der Waals surface area contributed by atoms with Crippen LogP contribution >= 0.6 is 11.8 Å². The standard InChI is InChI=1S/C32H47NO4S/c1-4-7-8-9-10-11-12-13-14-15-16-17-18-19-22-27-38-32(5-2,6-3)31(36)37-26-25-33-30(35)28-23-20-21-24-29(28)34/h8-9,11-12,14-15,17-18,20-21,23-24,34H,4-7,10,13,16,19,22,25-27H2,1-3H3,(H,33,35)/b9-8-,12-11-,15-14-,18-17-. The molecule has 1 aromatic carbocycles. The number of amides is 1. The van der Waals surface area contributed by atoms with Crippen LogP contribution in [-0.4, -0.2) is 40.6 Å². The molecule has 0 atom stereocenters. The van der Waals surface area contributed by atoms with Gasteiger partial charge in [-0.2, -0.15) is 0 Å². The van der Waals surface area contributed by atoms with Crippen molar-refractivity contribution in [1.29, 1.82) is 0 Å². The molecule has 0 radical (unpaired) electrons. The largest absolute Gasteiger partial charge is 0.507 e. The molecular formula is C32H47NO4S. The van der Waals surface area contributed by atoms with Crippen LogP contribution in [0.2, 0.25) is 0 Å². The number of rotatable bonds is 20. The lowest BCUT2D eigenvalue weighted by Gasteiger charge is -2.28. The minimum absolute atomic E-state index is 0.0741. The van der Waals surface area contributed by atoms with Crippen molar-refractivity contribution >= 4 is 23.6 Å². The quantitative estimate of drug-likeness (QED) is 0.0996. The second kappa shape index (κ2) is 21.2. The van der Waals surface area contributed by atoms with Crippen molar-refractivity contribution in [3.8, 4) is 5.75 Å². The molecule has 1 amide bonds. The zero-order valence-corrected chi connectivity index (χ0v) is 24.3. The van der Waals surface area contributed by atoms with Gasteiger partial charge in [-0.25, -0.2) is 0 Å². The van der Waals surface area contributed by atoms with Crippen LogP contribution in [0.4, 0.5) is 0 Å². The number of carbonyl (C=O) groups excluding carboxylic acids is 2. The topological polar surface area (TPSA) is 75.6 Å². The molecule has 210 valence electrons. The average molecular weight is 542 g/mol. The number of phenolic OH excluding ortho intramolecular Hbond substituents is 1. The van der Waals surface area contributed by atoms with Gasteiger partial charge in [-0.15, -0.1) is 11.8 Å². The molecule has 0 saturated heterocycles. The predicted octanol–water partition coefficient (Wildman–Crippen LogP) is 7.93. The number of ether oxygens (including phenoxy) is 1. The van der Waals surface area contributed by atoms with Crippen molar-refractivity contribution < 1.29 is 19.4 Å². The first-order chi connectivity index (χ1) is 18.5. The Balaban J connectivity index is 2.25. The number of esters is 1. The van der Waals surface area contributed by atoms with Crippen LogP contribution in [0.15, 0.2) is 72.9 Å². The monoisotopic (exact) mass is 541 g/mol. The predicted molar refractivity (Wildman–Crippen MR) is 162 cm³/mol. The number of carbonyl (C=O) groups is 2. The molecule has 0 saturated carbocycles. The Morgan fingerprint density at radius 3 is 2.05 bits per heavy atom. The summed E-state index contributed by atoms with van der Waals surface area (Å²) in [6.45, 7) is 6.52. The molecule has 1 rings (SSSR count). The molecule has 0 fully saturated rings. The number of aromatic hydroxyl groups is 1. The number of benzene rings is 1.